The first-order valence-electron chi connectivity index (χ1n) is 3.77. The van der Waals surface area contributed by atoms with Crippen molar-refractivity contribution in [2.24, 2.45) is 0 Å². The average Bonchev–Trinajstić information content (AvgIpc) is 2.15. The Kier molecular flexibility index (Phi) is 4.23. The van der Waals surface area contributed by atoms with Crippen LogP contribution in [0.25, 0.3) is 0 Å². The van der Waals surface area contributed by atoms with Gasteiger partial charge in [0.25, 0.3) is 0 Å². The van der Waals surface area contributed by atoms with Crippen molar-refractivity contribution in [3.05, 3.63) is 0 Å². The molecule has 0 spiro atoms. The maximum atomic E-state index is 11.0. The summed E-state index contributed by atoms with van der Waals surface area (Å²) in [4.78, 5) is 32.8. The molecule has 0 aliphatic rings. The van der Waals surface area contributed by atoms with E-state index in [0.717, 1.165) is 21.1 Å². The lowest BCUT2D eigenvalue weighted by Gasteiger charge is -2.20. The van der Waals surface area contributed by atoms with Crippen molar-refractivity contribution in [1.29, 1.82) is 0 Å². The summed E-state index contributed by atoms with van der Waals surface area (Å²) in [6.45, 7) is 0.986. The fraction of sp³-hybridized carbons (Fsp3) is 0.625. The summed E-state index contributed by atoms with van der Waals surface area (Å²) in [5.41, 5.74) is -2.44. The zero-order valence-corrected chi connectivity index (χ0v) is 8.20. The molecule has 0 aromatic heterocycles. The molecule has 0 aliphatic carbocycles. The maximum absolute atomic E-state index is 11.0. The molecule has 14 heavy (non-hydrogen) atoms. The van der Waals surface area contributed by atoms with Crippen LogP contribution in [0.5, 0.6) is 0 Å². The molecule has 0 radical (unpaired) electrons. The van der Waals surface area contributed by atoms with Gasteiger partial charge in [0.2, 0.25) is 5.60 Å². The molecule has 6 nitrogen and oxygen atoms in total. The lowest BCUT2D eigenvalue weighted by molar-refractivity contribution is -0.173. The second-order valence-corrected chi connectivity index (χ2v) is 2.66. The molecular formula is C8H12O6. The third-order valence-corrected chi connectivity index (χ3v) is 1.73. The van der Waals surface area contributed by atoms with Crippen molar-refractivity contribution in [1.82, 2.24) is 0 Å². The first-order valence-corrected chi connectivity index (χ1v) is 3.77. The molecule has 1 N–H and O–H groups in total. The van der Waals surface area contributed by atoms with Crippen LogP contribution < -0.4 is 0 Å². The number of carbonyl (C=O) groups is 3. The van der Waals surface area contributed by atoms with Gasteiger partial charge in [0.1, 0.15) is 0 Å². The SMILES string of the molecule is COC(=O)CC(O)(C(C)=O)C(=O)OC. The number of esters is 2. The van der Waals surface area contributed by atoms with Crippen LogP contribution in [0.4, 0.5) is 0 Å². The summed E-state index contributed by atoms with van der Waals surface area (Å²) in [6, 6.07) is 0. The predicted molar refractivity (Wildman–Crippen MR) is 44.3 cm³/mol. The quantitative estimate of drug-likeness (QED) is 0.468. The van der Waals surface area contributed by atoms with Crippen molar-refractivity contribution in [3.63, 3.8) is 0 Å². The molecule has 0 saturated carbocycles. The third kappa shape index (κ3) is 2.53. The third-order valence-electron chi connectivity index (χ3n) is 1.73. The van der Waals surface area contributed by atoms with Crippen molar-refractivity contribution in [3.8, 4) is 0 Å². The molecular weight excluding hydrogens is 192 g/mol. The minimum Gasteiger partial charge on any atom is -0.469 e. The topological polar surface area (TPSA) is 89.9 Å². The van der Waals surface area contributed by atoms with E-state index in [9.17, 15) is 19.5 Å². The molecule has 0 aliphatic heterocycles. The Morgan fingerprint density at radius 2 is 1.71 bits per heavy atom. The van der Waals surface area contributed by atoms with Crippen molar-refractivity contribution >= 4 is 17.7 Å². The van der Waals surface area contributed by atoms with Gasteiger partial charge >= 0.3 is 11.9 Å². The maximum Gasteiger partial charge on any atom is 0.346 e. The Hall–Kier alpha value is -1.43. The van der Waals surface area contributed by atoms with Crippen LogP contribution in [-0.4, -0.2) is 42.6 Å². The smallest absolute Gasteiger partial charge is 0.346 e. The zero-order valence-electron chi connectivity index (χ0n) is 8.20. The fourth-order valence-corrected chi connectivity index (χ4v) is 0.790. The van der Waals surface area contributed by atoms with Gasteiger partial charge in [-0.05, 0) is 6.92 Å². The van der Waals surface area contributed by atoms with Crippen LogP contribution in [-0.2, 0) is 23.9 Å². The highest BCUT2D eigenvalue weighted by Gasteiger charge is 2.44. The molecule has 0 heterocycles. The average molecular weight is 204 g/mol. The summed E-state index contributed by atoms with van der Waals surface area (Å²) in [6.07, 6.45) is -0.745. The summed E-state index contributed by atoms with van der Waals surface area (Å²) in [5, 5.41) is 9.53. The van der Waals surface area contributed by atoms with Gasteiger partial charge in [-0.15, -0.1) is 0 Å². The highest BCUT2D eigenvalue weighted by atomic mass is 16.5. The minimum atomic E-state index is -2.44. The molecule has 80 valence electrons. The van der Waals surface area contributed by atoms with Gasteiger partial charge in [0.05, 0.1) is 20.6 Å². The molecule has 0 saturated heterocycles. The van der Waals surface area contributed by atoms with Crippen LogP contribution >= 0.6 is 0 Å². The number of hydrogen-bond acceptors (Lipinski definition) is 6. The van der Waals surface area contributed by atoms with Gasteiger partial charge in [-0.25, -0.2) is 4.79 Å². The van der Waals surface area contributed by atoms with Crippen molar-refractivity contribution in [2.45, 2.75) is 18.9 Å². The lowest BCUT2D eigenvalue weighted by atomic mass is 9.95. The summed E-state index contributed by atoms with van der Waals surface area (Å²) >= 11 is 0. The van der Waals surface area contributed by atoms with Crippen LogP contribution in [0.2, 0.25) is 0 Å². The highest BCUT2D eigenvalue weighted by Crippen LogP contribution is 2.14. The van der Waals surface area contributed by atoms with Crippen LogP contribution in [0.1, 0.15) is 13.3 Å². The second-order valence-electron chi connectivity index (χ2n) is 2.66. The first kappa shape index (κ1) is 12.6. The van der Waals surface area contributed by atoms with Crippen molar-refractivity contribution in [2.75, 3.05) is 14.2 Å². The minimum absolute atomic E-state index is 0.745. The lowest BCUT2D eigenvalue weighted by Crippen LogP contribution is -2.48. The zero-order chi connectivity index (χ0) is 11.4. The number of methoxy groups -OCH3 is 2. The Bertz CT molecular complexity index is 259. The van der Waals surface area contributed by atoms with Crippen LogP contribution in [0.3, 0.4) is 0 Å². The fourth-order valence-electron chi connectivity index (χ4n) is 0.790. The molecule has 0 amide bonds. The van der Waals surface area contributed by atoms with E-state index >= 15 is 0 Å². The number of ketones is 1. The number of hydrogen-bond donors (Lipinski definition) is 1. The normalized spacial score (nSPS) is 14.0. The highest BCUT2D eigenvalue weighted by molar-refractivity contribution is 6.08. The van der Waals surface area contributed by atoms with E-state index in [4.69, 9.17) is 0 Å². The molecule has 0 rings (SSSR count). The van der Waals surface area contributed by atoms with E-state index in [-0.39, 0.29) is 0 Å². The summed E-state index contributed by atoms with van der Waals surface area (Å²) < 4.78 is 8.44. The largest absolute Gasteiger partial charge is 0.469 e. The van der Waals surface area contributed by atoms with E-state index in [0.29, 0.717) is 0 Å². The van der Waals surface area contributed by atoms with E-state index in [1.165, 1.54) is 0 Å². The Labute approximate surface area is 80.8 Å². The number of carbonyl (C=O) groups excluding carboxylic acids is 3. The molecule has 0 fully saturated rings. The molecule has 1 atom stereocenters. The molecule has 1 unspecified atom stereocenters. The van der Waals surface area contributed by atoms with Gasteiger partial charge < -0.3 is 14.6 Å². The number of rotatable bonds is 4. The Balaban J connectivity index is 4.82. The number of Topliss-reactive ketones (excluding diaryl/α,β-unsaturated/α-hetero) is 1. The van der Waals surface area contributed by atoms with Crippen LogP contribution in [0, 0.1) is 0 Å². The van der Waals surface area contributed by atoms with Gasteiger partial charge in [-0.2, -0.15) is 0 Å². The second kappa shape index (κ2) is 4.71. The summed E-state index contributed by atoms with van der Waals surface area (Å²) in [5.74, 6) is -2.90. The van der Waals surface area contributed by atoms with Gasteiger partial charge in [-0.1, -0.05) is 0 Å². The van der Waals surface area contributed by atoms with Gasteiger partial charge in [-0.3, -0.25) is 9.59 Å². The first-order chi connectivity index (χ1) is 6.38. The molecule has 6 heteroatoms. The monoisotopic (exact) mass is 204 g/mol. The van der Waals surface area contributed by atoms with Gasteiger partial charge in [0, 0.05) is 0 Å². The number of ether oxygens (including phenoxy) is 2. The van der Waals surface area contributed by atoms with Gasteiger partial charge in [0.15, 0.2) is 5.78 Å². The standard InChI is InChI=1S/C8H12O6/c1-5(9)8(12,7(11)14-3)4-6(10)13-2/h12H,4H2,1-3H3. The van der Waals surface area contributed by atoms with E-state index in [1.54, 1.807) is 0 Å². The Morgan fingerprint density at radius 1 is 1.21 bits per heavy atom. The predicted octanol–water partition coefficient (Wildman–Crippen LogP) is -0.957. The molecule has 0 aromatic carbocycles. The number of aliphatic hydroxyl groups is 1. The van der Waals surface area contributed by atoms with Crippen LogP contribution in [0.15, 0.2) is 0 Å². The Morgan fingerprint density at radius 3 is 2.00 bits per heavy atom. The van der Waals surface area contributed by atoms with E-state index < -0.39 is 29.7 Å². The molecule has 0 aromatic rings. The molecule has 0 bridgehead atoms. The van der Waals surface area contributed by atoms with E-state index in [1.807, 2.05) is 0 Å². The summed E-state index contributed by atoms with van der Waals surface area (Å²) in [7, 11) is 2.09. The van der Waals surface area contributed by atoms with E-state index in [2.05, 4.69) is 9.47 Å². The van der Waals surface area contributed by atoms with Crippen molar-refractivity contribution < 1.29 is 29.0 Å².